The number of carbonyl (C=O) groups excluding carboxylic acids is 1. The molecule has 1 atom stereocenters. The molecule has 2 saturated heterocycles. The summed E-state index contributed by atoms with van der Waals surface area (Å²) in [5, 5.41) is 4.01. The molecular formula is C21H27F3N6O2S. The molecule has 12 heteroatoms. The Bertz CT molecular complexity index is 969. The van der Waals surface area contributed by atoms with Gasteiger partial charge < -0.3 is 14.4 Å². The van der Waals surface area contributed by atoms with Gasteiger partial charge in [0, 0.05) is 51.5 Å². The van der Waals surface area contributed by atoms with E-state index in [1.807, 2.05) is 11.0 Å². The van der Waals surface area contributed by atoms with Gasteiger partial charge in [-0.05, 0) is 36.6 Å². The Hall–Kier alpha value is -2.44. The molecule has 1 amide bonds. The first-order valence-corrected chi connectivity index (χ1v) is 12.4. The zero-order valence-corrected chi connectivity index (χ0v) is 19.2. The molecule has 180 valence electrons. The molecule has 2 aliphatic rings. The summed E-state index contributed by atoms with van der Waals surface area (Å²) in [6.07, 6.45) is 1.99. The molecule has 8 nitrogen and oxygen atoms in total. The number of aromatic nitrogens is 2. The zero-order valence-electron chi connectivity index (χ0n) is 18.3. The van der Waals surface area contributed by atoms with Gasteiger partial charge in [-0.3, -0.25) is 4.90 Å². The van der Waals surface area contributed by atoms with Crippen LogP contribution in [0, 0.1) is 0 Å². The molecule has 2 aromatic rings. The van der Waals surface area contributed by atoms with E-state index < -0.39 is 23.1 Å². The largest absolute Gasteiger partial charge is 0.593 e. The lowest BCUT2D eigenvalue weighted by Gasteiger charge is -2.34. The molecule has 1 aromatic heterocycles. The second kappa shape index (κ2) is 9.82. The second-order valence-electron chi connectivity index (χ2n) is 8.36. The Kier molecular flexibility index (Phi) is 7.05. The molecule has 0 saturated carbocycles. The topological polar surface area (TPSA) is 79.7 Å². The number of nitrogens with zero attached hydrogens (tertiary/aromatic N) is 5. The molecule has 0 radical (unpaired) electrons. The lowest BCUT2D eigenvalue weighted by Crippen LogP contribution is -2.49. The smallest absolute Gasteiger partial charge is 0.416 e. The summed E-state index contributed by atoms with van der Waals surface area (Å²) < 4.78 is 55.6. The Morgan fingerprint density at radius 2 is 1.82 bits per heavy atom. The lowest BCUT2D eigenvalue weighted by molar-refractivity contribution is -0.137. The average Bonchev–Trinajstić information content (AvgIpc) is 3.45. The molecule has 2 aliphatic heterocycles. The van der Waals surface area contributed by atoms with Crippen molar-refractivity contribution in [3.05, 3.63) is 41.7 Å². The summed E-state index contributed by atoms with van der Waals surface area (Å²) in [7, 11) is 0. The summed E-state index contributed by atoms with van der Waals surface area (Å²) >= 11 is -1.26. The van der Waals surface area contributed by atoms with Crippen LogP contribution in [0.1, 0.15) is 24.0 Å². The molecule has 1 unspecified atom stereocenters. The van der Waals surface area contributed by atoms with Crippen LogP contribution < -0.4 is 9.62 Å². The first kappa shape index (κ1) is 23.7. The summed E-state index contributed by atoms with van der Waals surface area (Å²) in [6.45, 7) is 3.93. The minimum atomic E-state index is -4.39. The molecule has 4 rings (SSSR count). The SMILES string of the molecule is C[S+]([O-])Nc1cnn(C(=O)N2CCN(Cc3cc(N4CCCC4)cc(C(F)(F)F)c3)CC2)c1. The Morgan fingerprint density at radius 1 is 1.12 bits per heavy atom. The fourth-order valence-electron chi connectivity index (χ4n) is 4.23. The number of halogens is 3. The van der Waals surface area contributed by atoms with Crippen molar-refractivity contribution in [1.29, 1.82) is 0 Å². The normalized spacial score (nSPS) is 18.6. The van der Waals surface area contributed by atoms with Crippen molar-refractivity contribution in [2.75, 3.05) is 55.1 Å². The molecule has 0 spiro atoms. The van der Waals surface area contributed by atoms with Crippen LogP contribution in [0.3, 0.4) is 0 Å². The maximum absolute atomic E-state index is 13.5. The highest BCUT2D eigenvalue weighted by molar-refractivity contribution is 7.92. The van der Waals surface area contributed by atoms with E-state index in [4.69, 9.17) is 0 Å². The molecule has 0 aliphatic carbocycles. The molecule has 33 heavy (non-hydrogen) atoms. The number of piperazine rings is 1. The molecule has 3 heterocycles. The van der Waals surface area contributed by atoms with Crippen molar-refractivity contribution < 1.29 is 22.5 Å². The van der Waals surface area contributed by atoms with Crippen molar-refractivity contribution >= 4 is 28.8 Å². The van der Waals surface area contributed by atoms with Crippen molar-refractivity contribution in [3.8, 4) is 0 Å². The fraction of sp³-hybridized carbons (Fsp3) is 0.524. The highest BCUT2D eigenvalue weighted by Gasteiger charge is 2.32. The van der Waals surface area contributed by atoms with Crippen LogP contribution in [0.25, 0.3) is 0 Å². The van der Waals surface area contributed by atoms with Crippen LogP contribution in [0.15, 0.2) is 30.6 Å². The monoisotopic (exact) mass is 484 g/mol. The molecule has 1 N–H and O–H groups in total. The fourth-order valence-corrected chi connectivity index (χ4v) is 4.67. The van der Waals surface area contributed by atoms with E-state index in [1.165, 1.54) is 35.5 Å². The highest BCUT2D eigenvalue weighted by Crippen LogP contribution is 2.34. The van der Waals surface area contributed by atoms with Crippen LogP contribution in [0.5, 0.6) is 0 Å². The quantitative estimate of drug-likeness (QED) is 0.658. The van der Waals surface area contributed by atoms with Gasteiger partial charge in [0.15, 0.2) is 0 Å². The number of carbonyl (C=O) groups is 1. The third-order valence-electron chi connectivity index (χ3n) is 5.87. The van der Waals surface area contributed by atoms with Crippen LogP contribution in [0.4, 0.5) is 29.3 Å². The molecular weight excluding hydrogens is 457 g/mol. The van der Waals surface area contributed by atoms with Gasteiger partial charge in [0.1, 0.15) is 11.9 Å². The van der Waals surface area contributed by atoms with E-state index in [0.717, 1.165) is 25.9 Å². The second-order valence-corrected chi connectivity index (χ2v) is 9.47. The van der Waals surface area contributed by atoms with Gasteiger partial charge in [-0.2, -0.15) is 23.0 Å². The molecule has 0 bridgehead atoms. The maximum atomic E-state index is 13.5. The number of alkyl halides is 3. The Labute approximate surface area is 193 Å². The number of anilines is 2. The number of nitrogens with one attached hydrogen (secondary N) is 1. The number of hydrogen-bond acceptors (Lipinski definition) is 6. The molecule has 1 aromatic carbocycles. The predicted octanol–water partition coefficient (Wildman–Crippen LogP) is 2.99. The van der Waals surface area contributed by atoms with Gasteiger partial charge in [-0.25, -0.2) is 9.52 Å². The average molecular weight is 485 g/mol. The van der Waals surface area contributed by atoms with E-state index in [9.17, 15) is 22.5 Å². The van der Waals surface area contributed by atoms with Gasteiger partial charge in [-0.15, -0.1) is 0 Å². The van der Waals surface area contributed by atoms with E-state index in [0.29, 0.717) is 49.7 Å². The van der Waals surface area contributed by atoms with E-state index in [1.54, 1.807) is 4.90 Å². The van der Waals surface area contributed by atoms with Gasteiger partial charge in [-0.1, -0.05) is 0 Å². The number of hydrogen-bond donors (Lipinski definition) is 1. The van der Waals surface area contributed by atoms with Crippen molar-refractivity contribution in [3.63, 3.8) is 0 Å². The summed E-state index contributed by atoms with van der Waals surface area (Å²) in [5.74, 6) is 0. The Morgan fingerprint density at radius 3 is 2.45 bits per heavy atom. The van der Waals surface area contributed by atoms with Gasteiger partial charge in [0.05, 0.1) is 29.3 Å². The third-order valence-corrected chi connectivity index (χ3v) is 6.39. The van der Waals surface area contributed by atoms with E-state index >= 15 is 0 Å². The van der Waals surface area contributed by atoms with Crippen LogP contribution >= 0.6 is 0 Å². The van der Waals surface area contributed by atoms with Crippen molar-refractivity contribution in [1.82, 2.24) is 19.6 Å². The van der Waals surface area contributed by atoms with Crippen LogP contribution in [0.2, 0.25) is 0 Å². The minimum Gasteiger partial charge on any atom is -0.593 e. The van der Waals surface area contributed by atoms with Crippen LogP contribution in [-0.2, 0) is 24.1 Å². The maximum Gasteiger partial charge on any atom is 0.416 e. The number of amides is 1. The predicted molar refractivity (Wildman–Crippen MR) is 120 cm³/mol. The van der Waals surface area contributed by atoms with Crippen molar-refractivity contribution in [2.45, 2.75) is 25.6 Å². The summed E-state index contributed by atoms with van der Waals surface area (Å²) in [4.78, 5) is 18.4. The molecule has 2 fully saturated rings. The summed E-state index contributed by atoms with van der Waals surface area (Å²) in [5.41, 5.74) is 1.12. The lowest BCUT2D eigenvalue weighted by atomic mass is 10.1. The van der Waals surface area contributed by atoms with Gasteiger partial charge in [0.25, 0.3) is 0 Å². The van der Waals surface area contributed by atoms with Gasteiger partial charge >= 0.3 is 12.2 Å². The van der Waals surface area contributed by atoms with Crippen LogP contribution in [-0.4, -0.2) is 75.7 Å². The zero-order chi connectivity index (χ0) is 23.6. The highest BCUT2D eigenvalue weighted by atomic mass is 32.2. The standard InChI is InChI=1S/C21H27F3N6O2S/c1-33(32)26-18-13-25-30(15-18)20(31)29-8-6-27(7-9-29)14-16-10-17(21(22,23)24)12-19(11-16)28-4-2-3-5-28/h10-13,15,26H,2-9,14H2,1H3. The van der Waals surface area contributed by atoms with Gasteiger partial charge in [0.2, 0.25) is 0 Å². The van der Waals surface area contributed by atoms with E-state index in [-0.39, 0.29) is 6.03 Å². The first-order valence-electron chi connectivity index (χ1n) is 10.8. The first-order chi connectivity index (χ1) is 15.7. The van der Waals surface area contributed by atoms with E-state index in [2.05, 4.69) is 14.7 Å². The number of benzene rings is 1. The van der Waals surface area contributed by atoms with Crippen molar-refractivity contribution in [2.24, 2.45) is 0 Å². The summed E-state index contributed by atoms with van der Waals surface area (Å²) in [6, 6.07) is 4.04. The third kappa shape index (κ3) is 5.92. The minimum absolute atomic E-state index is 0.292. The Balaban J connectivity index is 1.39. The number of rotatable bonds is 5.